The Hall–Kier alpha value is -0.960. The van der Waals surface area contributed by atoms with Crippen LogP contribution in [0, 0.1) is 17.6 Å². The van der Waals surface area contributed by atoms with E-state index in [4.69, 9.17) is 0 Å². The molecule has 3 heteroatoms. The molecule has 1 aromatic rings. The van der Waals surface area contributed by atoms with E-state index in [2.05, 4.69) is 0 Å². The van der Waals surface area contributed by atoms with E-state index in [-0.39, 0.29) is 12.0 Å². The van der Waals surface area contributed by atoms with Crippen LogP contribution in [-0.2, 0) is 6.42 Å². The molecule has 1 N–H and O–H groups in total. The van der Waals surface area contributed by atoms with Crippen molar-refractivity contribution in [3.05, 3.63) is 35.4 Å². The zero-order valence-electron chi connectivity index (χ0n) is 9.00. The van der Waals surface area contributed by atoms with E-state index in [0.29, 0.717) is 12.3 Å². The van der Waals surface area contributed by atoms with Crippen molar-refractivity contribution in [2.75, 3.05) is 0 Å². The number of rotatable bonds is 4. The van der Waals surface area contributed by atoms with Gasteiger partial charge in [0.15, 0.2) is 11.6 Å². The molecular formula is C12H16F2O. The SMILES string of the molecule is CC(C)CC(O)Cc1cccc(F)c1F. The molecule has 84 valence electrons. The lowest BCUT2D eigenvalue weighted by Gasteiger charge is -2.13. The Labute approximate surface area is 88.7 Å². The molecule has 1 aromatic carbocycles. The highest BCUT2D eigenvalue weighted by Gasteiger charge is 2.13. The first-order chi connectivity index (χ1) is 7.00. The van der Waals surface area contributed by atoms with Crippen molar-refractivity contribution in [2.45, 2.75) is 32.8 Å². The first kappa shape index (κ1) is 12.1. The fourth-order valence-corrected chi connectivity index (χ4v) is 1.59. The Morgan fingerprint density at radius 3 is 2.53 bits per heavy atom. The van der Waals surface area contributed by atoms with Crippen molar-refractivity contribution < 1.29 is 13.9 Å². The predicted molar refractivity (Wildman–Crippen MR) is 55.5 cm³/mol. The van der Waals surface area contributed by atoms with Gasteiger partial charge in [0.2, 0.25) is 0 Å². The molecule has 1 atom stereocenters. The average Bonchev–Trinajstić information content (AvgIpc) is 2.11. The van der Waals surface area contributed by atoms with E-state index >= 15 is 0 Å². The van der Waals surface area contributed by atoms with Crippen LogP contribution in [0.25, 0.3) is 0 Å². The molecule has 0 bridgehead atoms. The highest BCUT2D eigenvalue weighted by Crippen LogP contribution is 2.16. The van der Waals surface area contributed by atoms with Crippen molar-refractivity contribution in [1.82, 2.24) is 0 Å². The van der Waals surface area contributed by atoms with Crippen LogP contribution in [0.5, 0.6) is 0 Å². The van der Waals surface area contributed by atoms with Gasteiger partial charge in [0.25, 0.3) is 0 Å². The van der Waals surface area contributed by atoms with Gasteiger partial charge in [0.05, 0.1) is 6.10 Å². The van der Waals surface area contributed by atoms with E-state index in [1.54, 1.807) is 0 Å². The Morgan fingerprint density at radius 1 is 1.27 bits per heavy atom. The summed E-state index contributed by atoms with van der Waals surface area (Å²) in [6.07, 6.45) is 0.152. The number of halogens is 2. The van der Waals surface area contributed by atoms with Gasteiger partial charge in [-0.25, -0.2) is 8.78 Å². The summed E-state index contributed by atoms with van der Waals surface area (Å²) in [5, 5.41) is 9.60. The summed E-state index contributed by atoms with van der Waals surface area (Å²) in [5.41, 5.74) is 0.239. The lowest BCUT2D eigenvalue weighted by molar-refractivity contribution is 0.148. The van der Waals surface area contributed by atoms with Crippen LogP contribution in [0.4, 0.5) is 8.78 Å². The summed E-state index contributed by atoms with van der Waals surface area (Å²) in [6.45, 7) is 3.95. The third-order valence-electron chi connectivity index (χ3n) is 2.23. The van der Waals surface area contributed by atoms with Gasteiger partial charge in [0.1, 0.15) is 0 Å². The third kappa shape index (κ3) is 3.59. The monoisotopic (exact) mass is 214 g/mol. The Balaban J connectivity index is 2.68. The fourth-order valence-electron chi connectivity index (χ4n) is 1.59. The molecule has 1 nitrogen and oxygen atoms in total. The van der Waals surface area contributed by atoms with E-state index in [0.717, 1.165) is 6.07 Å². The van der Waals surface area contributed by atoms with Crippen LogP contribution >= 0.6 is 0 Å². The Bertz CT molecular complexity index is 323. The lowest BCUT2D eigenvalue weighted by Crippen LogP contribution is -2.14. The maximum Gasteiger partial charge on any atom is 0.162 e. The topological polar surface area (TPSA) is 20.2 Å². The smallest absolute Gasteiger partial charge is 0.162 e. The van der Waals surface area contributed by atoms with E-state index in [9.17, 15) is 13.9 Å². The van der Waals surface area contributed by atoms with Crippen LogP contribution in [0.2, 0.25) is 0 Å². The zero-order valence-corrected chi connectivity index (χ0v) is 9.00. The number of hydrogen-bond donors (Lipinski definition) is 1. The summed E-state index contributed by atoms with van der Waals surface area (Å²) in [6, 6.07) is 4.03. The summed E-state index contributed by atoms with van der Waals surface area (Å²) >= 11 is 0. The second-order valence-electron chi connectivity index (χ2n) is 4.20. The first-order valence-electron chi connectivity index (χ1n) is 5.11. The normalized spacial score (nSPS) is 13.2. The van der Waals surface area contributed by atoms with Gasteiger partial charge in [0, 0.05) is 6.42 Å². The molecule has 0 amide bonds. The molecule has 0 fully saturated rings. The molecule has 15 heavy (non-hydrogen) atoms. The van der Waals surface area contributed by atoms with Gasteiger partial charge < -0.3 is 5.11 Å². The molecule has 1 rings (SSSR count). The molecule has 0 heterocycles. The second kappa shape index (κ2) is 5.21. The second-order valence-corrected chi connectivity index (χ2v) is 4.20. The number of aliphatic hydroxyl groups excluding tert-OH is 1. The molecule has 0 aliphatic heterocycles. The minimum absolute atomic E-state index is 0.168. The maximum atomic E-state index is 13.2. The van der Waals surface area contributed by atoms with Gasteiger partial charge in [-0.15, -0.1) is 0 Å². The van der Waals surface area contributed by atoms with Crippen LogP contribution in [-0.4, -0.2) is 11.2 Å². The molecule has 1 unspecified atom stereocenters. The molecule has 0 saturated heterocycles. The third-order valence-corrected chi connectivity index (χ3v) is 2.23. The summed E-state index contributed by atoms with van der Waals surface area (Å²) in [7, 11) is 0. The van der Waals surface area contributed by atoms with Crippen LogP contribution in [0.15, 0.2) is 18.2 Å². The van der Waals surface area contributed by atoms with Gasteiger partial charge >= 0.3 is 0 Å². The number of aliphatic hydroxyl groups is 1. The predicted octanol–water partition coefficient (Wildman–Crippen LogP) is 2.91. The standard InChI is InChI=1S/C12H16F2O/c1-8(2)6-10(15)7-9-4-3-5-11(13)12(9)14/h3-5,8,10,15H,6-7H2,1-2H3. The minimum atomic E-state index is -0.857. The largest absolute Gasteiger partial charge is 0.393 e. The van der Waals surface area contributed by atoms with Gasteiger partial charge in [-0.1, -0.05) is 26.0 Å². The van der Waals surface area contributed by atoms with Gasteiger partial charge in [-0.05, 0) is 24.0 Å². The van der Waals surface area contributed by atoms with Gasteiger partial charge in [-0.3, -0.25) is 0 Å². The van der Waals surface area contributed by atoms with Crippen molar-refractivity contribution in [3.8, 4) is 0 Å². The van der Waals surface area contributed by atoms with Crippen molar-refractivity contribution in [2.24, 2.45) is 5.92 Å². The quantitative estimate of drug-likeness (QED) is 0.817. The van der Waals surface area contributed by atoms with Crippen LogP contribution in [0.3, 0.4) is 0 Å². The highest BCUT2D eigenvalue weighted by atomic mass is 19.2. The number of hydrogen-bond acceptors (Lipinski definition) is 1. The molecule has 0 aliphatic carbocycles. The van der Waals surface area contributed by atoms with Crippen LogP contribution in [0.1, 0.15) is 25.8 Å². The molecule has 0 saturated carbocycles. The van der Waals surface area contributed by atoms with Crippen molar-refractivity contribution >= 4 is 0 Å². The molecule has 0 aliphatic rings. The first-order valence-corrected chi connectivity index (χ1v) is 5.11. The summed E-state index contributed by atoms with van der Waals surface area (Å²) < 4.78 is 26.0. The Kier molecular flexibility index (Phi) is 4.21. The molecule has 0 spiro atoms. The van der Waals surface area contributed by atoms with Crippen molar-refractivity contribution in [1.29, 1.82) is 0 Å². The van der Waals surface area contributed by atoms with Gasteiger partial charge in [-0.2, -0.15) is 0 Å². The van der Waals surface area contributed by atoms with Crippen molar-refractivity contribution in [3.63, 3.8) is 0 Å². The van der Waals surface area contributed by atoms with Crippen LogP contribution < -0.4 is 0 Å². The van der Waals surface area contributed by atoms with E-state index < -0.39 is 17.7 Å². The summed E-state index contributed by atoms with van der Waals surface area (Å²) in [4.78, 5) is 0. The lowest BCUT2D eigenvalue weighted by atomic mass is 9.99. The minimum Gasteiger partial charge on any atom is -0.393 e. The zero-order chi connectivity index (χ0) is 11.4. The molecule has 0 aromatic heterocycles. The fraction of sp³-hybridized carbons (Fsp3) is 0.500. The summed E-state index contributed by atoms with van der Waals surface area (Å²) in [5.74, 6) is -1.36. The average molecular weight is 214 g/mol. The number of benzene rings is 1. The molecule has 0 radical (unpaired) electrons. The highest BCUT2D eigenvalue weighted by molar-refractivity contribution is 5.19. The molecular weight excluding hydrogens is 198 g/mol. The van der Waals surface area contributed by atoms with E-state index in [1.807, 2.05) is 13.8 Å². The Morgan fingerprint density at radius 2 is 1.93 bits per heavy atom. The van der Waals surface area contributed by atoms with E-state index in [1.165, 1.54) is 12.1 Å². The maximum absolute atomic E-state index is 13.2.